The number of alkyl halides is 3. The number of nitrogens with two attached hydrogens (primary N) is 1. The van der Waals surface area contributed by atoms with E-state index in [0.29, 0.717) is 16.6 Å². The number of H-pyrrole nitrogens is 1. The van der Waals surface area contributed by atoms with E-state index in [1.807, 2.05) is 0 Å². The second-order valence-electron chi connectivity index (χ2n) is 4.06. The third kappa shape index (κ3) is 3.60. The molecule has 0 bridgehead atoms. The molecule has 0 aliphatic heterocycles. The number of nitrogen functional groups attached to an aromatic ring is 1. The van der Waals surface area contributed by atoms with Crippen molar-refractivity contribution in [1.82, 2.24) is 10.3 Å². The van der Waals surface area contributed by atoms with E-state index in [-0.39, 0.29) is 24.1 Å². The van der Waals surface area contributed by atoms with Gasteiger partial charge in [0.2, 0.25) is 0 Å². The minimum atomic E-state index is -4.28. The number of thioether (sulfide) groups is 1. The van der Waals surface area contributed by atoms with Crippen LogP contribution in [0.5, 0.6) is 0 Å². The average molecular weight is 303 g/mol. The van der Waals surface area contributed by atoms with Gasteiger partial charge in [-0.1, -0.05) is 0 Å². The lowest BCUT2D eigenvalue weighted by atomic mass is 10.1. The molecular formula is C12H12F3N3OS. The van der Waals surface area contributed by atoms with Crippen LogP contribution >= 0.6 is 11.8 Å². The van der Waals surface area contributed by atoms with Crippen molar-refractivity contribution in [1.29, 1.82) is 0 Å². The number of amides is 1. The van der Waals surface area contributed by atoms with Gasteiger partial charge in [-0.05, 0) is 30.0 Å². The summed E-state index contributed by atoms with van der Waals surface area (Å²) in [5, 5.41) is 3.09. The van der Waals surface area contributed by atoms with E-state index in [2.05, 4.69) is 10.3 Å². The second-order valence-corrected chi connectivity index (χ2v) is 5.22. The molecule has 0 aliphatic rings. The third-order valence-electron chi connectivity index (χ3n) is 2.60. The molecule has 1 amide bonds. The average Bonchev–Trinajstić information content (AvgIpc) is 2.76. The molecule has 2 rings (SSSR count). The highest BCUT2D eigenvalue weighted by Gasteiger charge is 2.27. The molecule has 0 aliphatic carbocycles. The van der Waals surface area contributed by atoms with E-state index >= 15 is 0 Å². The van der Waals surface area contributed by atoms with Crippen LogP contribution < -0.4 is 11.1 Å². The lowest BCUT2D eigenvalue weighted by Crippen LogP contribution is -2.26. The number of nitrogens with one attached hydrogen (secondary N) is 2. The van der Waals surface area contributed by atoms with E-state index in [1.165, 1.54) is 6.20 Å². The number of halogens is 3. The van der Waals surface area contributed by atoms with Gasteiger partial charge in [0.05, 0.1) is 5.56 Å². The van der Waals surface area contributed by atoms with Crippen LogP contribution in [0.3, 0.4) is 0 Å². The Hall–Kier alpha value is -1.83. The molecule has 8 heteroatoms. The molecule has 0 radical (unpaired) electrons. The molecule has 1 aromatic carbocycles. The smallest absolute Gasteiger partial charge is 0.399 e. The van der Waals surface area contributed by atoms with Crippen molar-refractivity contribution < 1.29 is 18.0 Å². The maximum absolute atomic E-state index is 11.9. The van der Waals surface area contributed by atoms with Crippen molar-refractivity contribution in [2.75, 3.05) is 18.0 Å². The number of benzene rings is 1. The van der Waals surface area contributed by atoms with Gasteiger partial charge in [0, 0.05) is 35.1 Å². The zero-order valence-corrected chi connectivity index (χ0v) is 11.1. The van der Waals surface area contributed by atoms with Crippen LogP contribution in [-0.2, 0) is 0 Å². The van der Waals surface area contributed by atoms with Crippen LogP contribution in [0.25, 0.3) is 10.9 Å². The standard InChI is InChI=1S/C12H12F3N3OS/c13-12(14,15)20-4-3-17-11(19)9-6-18-10-2-1-7(16)5-8(9)10/h1-2,5-6,18H,3-4,16H2,(H,17,19). The van der Waals surface area contributed by atoms with Crippen LogP contribution in [0, 0.1) is 0 Å². The number of hydrogen-bond donors (Lipinski definition) is 3. The molecule has 20 heavy (non-hydrogen) atoms. The molecule has 0 unspecified atom stereocenters. The van der Waals surface area contributed by atoms with Crippen molar-refractivity contribution in [3.63, 3.8) is 0 Å². The highest BCUT2D eigenvalue weighted by Crippen LogP contribution is 2.29. The van der Waals surface area contributed by atoms with Crippen molar-refractivity contribution in [3.05, 3.63) is 30.0 Å². The Labute approximate surface area is 116 Å². The molecule has 0 fully saturated rings. The van der Waals surface area contributed by atoms with E-state index in [1.54, 1.807) is 18.2 Å². The van der Waals surface area contributed by atoms with Gasteiger partial charge in [0.25, 0.3) is 5.91 Å². The van der Waals surface area contributed by atoms with Gasteiger partial charge in [-0.15, -0.1) is 0 Å². The minimum Gasteiger partial charge on any atom is -0.399 e. The number of rotatable bonds is 4. The highest BCUT2D eigenvalue weighted by molar-refractivity contribution is 8.00. The maximum Gasteiger partial charge on any atom is 0.441 e. The molecular weight excluding hydrogens is 291 g/mol. The number of anilines is 1. The Kier molecular flexibility index (Phi) is 4.12. The Bertz CT molecular complexity index is 624. The molecule has 0 saturated carbocycles. The topological polar surface area (TPSA) is 70.9 Å². The molecule has 4 nitrogen and oxygen atoms in total. The van der Waals surface area contributed by atoms with Crippen molar-refractivity contribution in [2.24, 2.45) is 0 Å². The summed E-state index contributed by atoms with van der Waals surface area (Å²) in [6, 6.07) is 5.08. The number of carbonyl (C=O) groups is 1. The SMILES string of the molecule is Nc1ccc2[nH]cc(C(=O)NCCSC(F)(F)F)c2c1. The van der Waals surface area contributed by atoms with Crippen molar-refractivity contribution in [3.8, 4) is 0 Å². The first-order valence-electron chi connectivity index (χ1n) is 5.72. The fraction of sp³-hybridized carbons (Fsp3) is 0.250. The highest BCUT2D eigenvalue weighted by atomic mass is 32.2. The second kappa shape index (κ2) is 5.66. The Morgan fingerprint density at radius 2 is 2.15 bits per heavy atom. The predicted octanol–water partition coefficient (Wildman–Crippen LogP) is 2.73. The third-order valence-corrected chi connectivity index (χ3v) is 3.34. The molecule has 0 spiro atoms. The van der Waals surface area contributed by atoms with Gasteiger partial charge in [-0.25, -0.2) is 0 Å². The number of aromatic amines is 1. The number of fused-ring (bicyclic) bond motifs is 1. The minimum absolute atomic E-state index is 0.0575. The quantitative estimate of drug-likeness (QED) is 0.601. The van der Waals surface area contributed by atoms with E-state index in [4.69, 9.17) is 5.73 Å². The fourth-order valence-electron chi connectivity index (χ4n) is 1.75. The molecule has 1 aromatic heterocycles. The summed E-state index contributed by atoms with van der Waals surface area (Å²) in [5.41, 5.74) is 2.99. The summed E-state index contributed by atoms with van der Waals surface area (Å²) in [6.45, 7) is -0.0575. The van der Waals surface area contributed by atoms with Crippen LogP contribution in [-0.4, -0.2) is 28.7 Å². The van der Waals surface area contributed by atoms with Gasteiger partial charge >= 0.3 is 5.51 Å². The molecule has 0 saturated heterocycles. The number of aromatic nitrogens is 1. The summed E-state index contributed by atoms with van der Waals surface area (Å²) < 4.78 is 35.8. The van der Waals surface area contributed by atoms with E-state index < -0.39 is 11.4 Å². The van der Waals surface area contributed by atoms with Crippen molar-refractivity contribution in [2.45, 2.75) is 5.51 Å². The largest absolute Gasteiger partial charge is 0.441 e. The fourth-order valence-corrected chi connectivity index (χ4v) is 2.19. The summed E-state index contributed by atoms with van der Waals surface area (Å²) in [6.07, 6.45) is 1.51. The first-order valence-corrected chi connectivity index (χ1v) is 6.71. The Morgan fingerprint density at radius 1 is 1.40 bits per heavy atom. The van der Waals surface area contributed by atoms with Gasteiger partial charge < -0.3 is 16.0 Å². The summed E-state index contributed by atoms with van der Waals surface area (Å²) in [4.78, 5) is 14.8. The van der Waals surface area contributed by atoms with Gasteiger partial charge in [-0.3, -0.25) is 4.79 Å². The normalized spacial score (nSPS) is 11.8. The first-order chi connectivity index (χ1) is 9.37. The van der Waals surface area contributed by atoms with Crippen LogP contribution in [0.2, 0.25) is 0 Å². The monoisotopic (exact) mass is 303 g/mol. The first kappa shape index (κ1) is 14.6. The summed E-state index contributed by atoms with van der Waals surface area (Å²) in [7, 11) is 0. The van der Waals surface area contributed by atoms with Gasteiger partial charge in [-0.2, -0.15) is 13.2 Å². The van der Waals surface area contributed by atoms with Crippen LogP contribution in [0.1, 0.15) is 10.4 Å². The zero-order valence-electron chi connectivity index (χ0n) is 10.3. The molecule has 0 atom stereocenters. The Balaban J connectivity index is 1.99. The molecule has 4 N–H and O–H groups in total. The lowest BCUT2D eigenvalue weighted by Gasteiger charge is -2.06. The summed E-state index contributed by atoms with van der Waals surface area (Å²) >= 11 is -0.164. The molecule has 2 aromatic rings. The summed E-state index contributed by atoms with van der Waals surface area (Å²) in [5.74, 6) is -0.649. The van der Waals surface area contributed by atoms with E-state index in [9.17, 15) is 18.0 Å². The van der Waals surface area contributed by atoms with Gasteiger partial charge in [0.15, 0.2) is 0 Å². The van der Waals surface area contributed by atoms with E-state index in [0.717, 1.165) is 5.52 Å². The Morgan fingerprint density at radius 3 is 2.85 bits per heavy atom. The number of hydrogen-bond acceptors (Lipinski definition) is 3. The predicted molar refractivity (Wildman–Crippen MR) is 73.6 cm³/mol. The zero-order chi connectivity index (χ0) is 14.8. The van der Waals surface area contributed by atoms with Crippen LogP contribution in [0.4, 0.5) is 18.9 Å². The maximum atomic E-state index is 11.9. The lowest BCUT2D eigenvalue weighted by molar-refractivity contribution is -0.0327. The van der Waals surface area contributed by atoms with Crippen molar-refractivity contribution >= 4 is 34.3 Å². The molecule has 108 valence electrons. The molecule has 1 heterocycles. The van der Waals surface area contributed by atoms with Gasteiger partial charge in [0.1, 0.15) is 0 Å². The van der Waals surface area contributed by atoms with Crippen LogP contribution in [0.15, 0.2) is 24.4 Å². The number of carbonyl (C=O) groups excluding carboxylic acids is 1.